The molecule has 0 saturated heterocycles. The zero-order valence-electron chi connectivity index (χ0n) is 12.1. The van der Waals surface area contributed by atoms with Crippen molar-refractivity contribution >= 4 is 0 Å². The first-order chi connectivity index (χ1) is 9.26. The van der Waals surface area contributed by atoms with E-state index >= 15 is 0 Å². The van der Waals surface area contributed by atoms with Crippen LogP contribution in [0.25, 0.3) is 0 Å². The van der Waals surface area contributed by atoms with Gasteiger partial charge in [0.05, 0.1) is 12.7 Å². The van der Waals surface area contributed by atoms with Crippen molar-refractivity contribution in [3.05, 3.63) is 52.8 Å². The summed E-state index contributed by atoms with van der Waals surface area (Å²) >= 11 is 0. The van der Waals surface area contributed by atoms with E-state index in [9.17, 15) is 0 Å². The first kappa shape index (κ1) is 13.8. The lowest BCUT2D eigenvalue weighted by Gasteiger charge is -2.11. The summed E-state index contributed by atoms with van der Waals surface area (Å²) < 4.78 is 2.15. The van der Waals surface area contributed by atoms with Crippen molar-refractivity contribution < 1.29 is 0 Å². The van der Waals surface area contributed by atoms with Crippen molar-refractivity contribution in [3.63, 3.8) is 0 Å². The number of hydrogen-bond acceptors (Lipinski definition) is 2. The third-order valence-electron chi connectivity index (χ3n) is 3.47. The highest BCUT2D eigenvalue weighted by Gasteiger charge is 2.10. The lowest BCUT2D eigenvalue weighted by atomic mass is 10.1. The number of aromatic nitrogens is 2. The van der Waals surface area contributed by atoms with Gasteiger partial charge in [0.15, 0.2) is 0 Å². The molecule has 0 aliphatic heterocycles. The van der Waals surface area contributed by atoms with Crippen molar-refractivity contribution in [1.29, 1.82) is 0 Å². The fraction of sp³-hybridized carbons (Fsp3) is 0.438. The standard InChI is InChI=1S/C16H23N3/c1-4-7-16-15(10-17-3)11-18-19(16)12-14-9-6-5-8-13(14)2/h5-6,8-9,11,17H,4,7,10,12H2,1-3H3. The van der Waals surface area contributed by atoms with E-state index in [1.54, 1.807) is 0 Å². The summed E-state index contributed by atoms with van der Waals surface area (Å²) in [6.07, 6.45) is 4.23. The van der Waals surface area contributed by atoms with Crippen molar-refractivity contribution in [2.75, 3.05) is 7.05 Å². The molecular formula is C16H23N3. The average molecular weight is 257 g/mol. The van der Waals surface area contributed by atoms with Gasteiger partial charge in [-0.2, -0.15) is 5.10 Å². The molecule has 0 aliphatic rings. The molecule has 102 valence electrons. The van der Waals surface area contributed by atoms with Crippen LogP contribution in [0.4, 0.5) is 0 Å². The van der Waals surface area contributed by atoms with Gasteiger partial charge in [0.2, 0.25) is 0 Å². The molecule has 0 atom stereocenters. The van der Waals surface area contributed by atoms with Crippen LogP contribution in [0, 0.1) is 6.92 Å². The van der Waals surface area contributed by atoms with Crippen LogP contribution in [0.3, 0.4) is 0 Å². The number of aryl methyl sites for hydroxylation is 1. The molecule has 3 heteroatoms. The minimum absolute atomic E-state index is 0.867. The Bertz CT molecular complexity index is 529. The predicted molar refractivity (Wildman–Crippen MR) is 79.3 cm³/mol. The minimum atomic E-state index is 0.867. The van der Waals surface area contributed by atoms with E-state index < -0.39 is 0 Å². The van der Waals surface area contributed by atoms with Crippen molar-refractivity contribution in [2.45, 2.75) is 39.8 Å². The zero-order valence-corrected chi connectivity index (χ0v) is 12.1. The number of rotatable bonds is 6. The Balaban J connectivity index is 2.27. The normalized spacial score (nSPS) is 10.9. The topological polar surface area (TPSA) is 29.9 Å². The predicted octanol–water partition coefficient (Wildman–Crippen LogP) is 2.91. The summed E-state index contributed by atoms with van der Waals surface area (Å²) in [6.45, 7) is 6.13. The van der Waals surface area contributed by atoms with Crippen LogP contribution in [0.5, 0.6) is 0 Å². The largest absolute Gasteiger partial charge is 0.316 e. The first-order valence-corrected chi connectivity index (χ1v) is 6.99. The summed E-state index contributed by atoms with van der Waals surface area (Å²) in [5.41, 5.74) is 5.35. The Morgan fingerprint density at radius 2 is 2.00 bits per heavy atom. The Hall–Kier alpha value is -1.61. The summed E-state index contributed by atoms with van der Waals surface area (Å²) in [7, 11) is 1.98. The van der Waals surface area contributed by atoms with Gasteiger partial charge in [-0.25, -0.2) is 0 Å². The lowest BCUT2D eigenvalue weighted by Crippen LogP contribution is -2.11. The SMILES string of the molecule is CCCc1c(CNC)cnn1Cc1ccccc1C. The molecule has 0 bridgehead atoms. The summed E-state index contributed by atoms with van der Waals surface area (Å²) in [5, 5.41) is 7.78. The van der Waals surface area contributed by atoms with E-state index in [1.165, 1.54) is 22.4 Å². The van der Waals surface area contributed by atoms with Crippen LogP contribution < -0.4 is 5.32 Å². The van der Waals surface area contributed by atoms with Crippen LogP contribution in [0.1, 0.15) is 35.7 Å². The molecular weight excluding hydrogens is 234 g/mol. The van der Waals surface area contributed by atoms with Gasteiger partial charge in [-0.1, -0.05) is 37.6 Å². The molecule has 0 aliphatic carbocycles. The molecule has 2 rings (SSSR count). The van der Waals surface area contributed by atoms with Gasteiger partial charge < -0.3 is 5.32 Å². The van der Waals surface area contributed by atoms with E-state index in [0.29, 0.717) is 0 Å². The highest BCUT2D eigenvalue weighted by Crippen LogP contribution is 2.15. The van der Waals surface area contributed by atoms with Gasteiger partial charge >= 0.3 is 0 Å². The second kappa shape index (κ2) is 6.53. The number of nitrogens with one attached hydrogen (secondary N) is 1. The second-order valence-electron chi connectivity index (χ2n) is 4.98. The van der Waals surface area contributed by atoms with E-state index in [4.69, 9.17) is 0 Å². The number of hydrogen-bond donors (Lipinski definition) is 1. The van der Waals surface area contributed by atoms with E-state index in [0.717, 1.165) is 25.9 Å². The maximum atomic E-state index is 4.57. The Morgan fingerprint density at radius 3 is 2.68 bits per heavy atom. The minimum Gasteiger partial charge on any atom is -0.316 e. The van der Waals surface area contributed by atoms with E-state index in [2.05, 4.69) is 53.2 Å². The summed E-state index contributed by atoms with van der Waals surface area (Å²) in [4.78, 5) is 0. The molecule has 19 heavy (non-hydrogen) atoms. The third kappa shape index (κ3) is 3.24. The number of nitrogens with zero attached hydrogens (tertiary/aromatic N) is 2. The first-order valence-electron chi connectivity index (χ1n) is 6.99. The molecule has 1 aromatic carbocycles. The van der Waals surface area contributed by atoms with E-state index in [-0.39, 0.29) is 0 Å². The molecule has 1 N–H and O–H groups in total. The quantitative estimate of drug-likeness (QED) is 0.862. The van der Waals surface area contributed by atoms with Crippen molar-refractivity contribution in [2.24, 2.45) is 0 Å². The van der Waals surface area contributed by atoms with Gasteiger partial charge in [0.1, 0.15) is 0 Å². The number of benzene rings is 1. The van der Waals surface area contributed by atoms with Gasteiger partial charge in [-0.05, 0) is 31.5 Å². The highest BCUT2D eigenvalue weighted by molar-refractivity contribution is 5.27. The summed E-state index contributed by atoms with van der Waals surface area (Å²) in [6, 6.07) is 8.53. The molecule has 3 nitrogen and oxygen atoms in total. The fourth-order valence-corrected chi connectivity index (χ4v) is 2.40. The molecule has 0 saturated carbocycles. The van der Waals surface area contributed by atoms with Crippen molar-refractivity contribution in [1.82, 2.24) is 15.1 Å². The molecule has 0 unspecified atom stereocenters. The molecule has 0 amide bonds. The van der Waals surface area contributed by atoms with Crippen LogP contribution in [0.15, 0.2) is 30.5 Å². The smallest absolute Gasteiger partial charge is 0.0665 e. The molecule has 1 heterocycles. The maximum Gasteiger partial charge on any atom is 0.0665 e. The van der Waals surface area contributed by atoms with Gasteiger partial charge in [0, 0.05) is 17.8 Å². The molecule has 0 spiro atoms. The molecule has 2 aromatic rings. The van der Waals surface area contributed by atoms with Crippen LogP contribution in [0.2, 0.25) is 0 Å². The van der Waals surface area contributed by atoms with Crippen LogP contribution in [-0.4, -0.2) is 16.8 Å². The molecule has 0 radical (unpaired) electrons. The molecule has 0 fully saturated rings. The second-order valence-corrected chi connectivity index (χ2v) is 4.98. The third-order valence-corrected chi connectivity index (χ3v) is 3.47. The van der Waals surface area contributed by atoms with E-state index in [1.807, 2.05) is 13.2 Å². The average Bonchev–Trinajstić information content (AvgIpc) is 2.77. The fourth-order valence-electron chi connectivity index (χ4n) is 2.40. The molecule has 1 aromatic heterocycles. The Morgan fingerprint density at radius 1 is 1.21 bits per heavy atom. The summed E-state index contributed by atoms with van der Waals surface area (Å²) in [5.74, 6) is 0. The Labute approximate surface area is 115 Å². The lowest BCUT2D eigenvalue weighted by molar-refractivity contribution is 0.630. The maximum absolute atomic E-state index is 4.57. The zero-order chi connectivity index (χ0) is 13.7. The van der Waals surface area contributed by atoms with Crippen molar-refractivity contribution in [3.8, 4) is 0 Å². The van der Waals surface area contributed by atoms with Gasteiger partial charge in [-0.3, -0.25) is 4.68 Å². The monoisotopic (exact) mass is 257 g/mol. The van der Waals surface area contributed by atoms with Crippen LogP contribution >= 0.6 is 0 Å². The van der Waals surface area contributed by atoms with Crippen LogP contribution in [-0.2, 0) is 19.5 Å². The van der Waals surface area contributed by atoms with Gasteiger partial charge in [0.25, 0.3) is 0 Å². The van der Waals surface area contributed by atoms with Gasteiger partial charge in [-0.15, -0.1) is 0 Å². The Kier molecular flexibility index (Phi) is 4.74. The highest BCUT2D eigenvalue weighted by atomic mass is 15.3.